The van der Waals surface area contributed by atoms with E-state index in [9.17, 15) is 17.6 Å². The Bertz CT molecular complexity index is 648. The van der Waals surface area contributed by atoms with Gasteiger partial charge in [-0.05, 0) is 24.6 Å². The van der Waals surface area contributed by atoms with Crippen molar-refractivity contribution in [3.63, 3.8) is 0 Å². The molecular weight excluding hydrogens is 299 g/mol. The second kappa shape index (κ2) is 6.08. The highest BCUT2D eigenvalue weighted by molar-refractivity contribution is 7.89. The van der Waals surface area contributed by atoms with E-state index in [1.807, 2.05) is 0 Å². The second-order valence-electron chi connectivity index (χ2n) is 5.05. The van der Waals surface area contributed by atoms with Crippen LogP contribution < -0.4 is 5.14 Å². The average molecular weight is 316 g/mol. The molecular formula is C13H17FN2O4S. The number of primary sulfonamides is 1. The molecule has 0 radical (unpaired) electrons. The smallest absolute Gasteiger partial charge is 0.253 e. The number of amides is 1. The summed E-state index contributed by atoms with van der Waals surface area (Å²) in [7, 11) is -2.60. The van der Waals surface area contributed by atoms with Gasteiger partial charge in [-0.25, -0.2) is 17.9 Å². The largest absolute Gasteiger partial charge is 0.384 e. The summed E-state index contributed by atoms with van der Waals surface area (Å²) in [6.45, 7) is 1.67. The average Bonchev–Trinajstić information content (AvgIpc) is 2.86. The zero-order valence-corrected chi connectivity index (χ0v) is 12.4. The van der Waals surface area contributed by atoms with E-state index in [1.54, 1.807) is 12.0 Å². The van der Waals surface area contributed by atoms with Crippen molar-refractivity contribution in [2.24, 2.45) is 11.1 Å². The second-order valence-corrected chi connectivity index (χ2v) is 6.58. The highest BCUT2D eigenvalue weighted by Crippen LogP contribution is 2.21. The summed E-state index contributed by atoms with van der Waals surface area (Å²) in [6.07, 6.45) is 0.822. The van der Waals surface area contributed by atoms with Crippen molar-refractivity contribution < 1.29 is 22.3 Å². The number of rotatable bonds is 4. The molecule has 0 aromatic heterocycles. The number of hydrogen-bond donors (Lipinski definition) is 1. The molecule has 1 atom stereocenters. The quantitative estimate of drug-likeness (QED) is 0.880. The van der Waals surface area contributed by atoms with Crippen molar-refractivity contribution in [2.75, 3.05) is 26.8 Å². The Balaban J connectivity index is 2.21. The monoisotopic (exact) mass is 316 g/mol. The van der Waals surface area contributed by atoms with Gasteiger partial charge in [0.05, 0.1) is 6.61 Å². The normalized spacial score (nSPS) is 19.0. The van der Waals surface area contributed by atoms with E-state index >= 15 is 0 Å². The van der Waals surface area contributed by atoms with Gasteiger partial charge in [0.2, 0.25) is 10.0 Å². The minimum atomic E-state index is -4.20. The Morgan fingerprint density at radius 3 is 2.86 bits per heavy atom. The molecule has 116 valence electrons. The number of hydrogen-bond acceptors (Lipinski definition) is 4. The van der Waals surface area contributed by atoms with E-state index in [-0.39, 0.29) is 17.4 Å². The molecule has 1 amide bonds. The Labute approximate surface area is 122 Å². The number of halogens is 1. The van der Waals surface area contributed by atoms with Crippen molar-refractivity contribution in [3.8, 4) is 0 Å². The van der Waals surface area contributed by atoms with E-state index in [0.717, 1.165) is 18.6 Å². The fraction of sp³-hybridized carbons (Fsp3) is 0.462. The van der Waals surface area contributed by atoms with Crippen LogP contribution in [0.15, 0.2) is 23.1 Å². The first-order valence-corrected chi connectivity index (χ1v) is 7.98. The molecule has 2 rings (SSSR count). The maximum absolute atomic E-state index is 13.5. The Morgan fingerprint density at radius 2 is 2.24 bits per heavy atom. The SMILES string of the molecule is COCC1CCN(C(=O)c2ccc(F)c(S(N)(=O)=O)c2)C1. The van der Waals surface area contributed by atoms with Crippen molar-refractivity contribution in [2.45, 2.75) is 11.3 Å². The molecule has 0 saturated carbocycles. The molecule has 1 heterocycles. The molecule has 2 N–H and O–H groups in total. The third-order valence-corrected chi connectivity index (χ3v) is 4.39. The van der Waals surface area contributed by atoms with Crippen LogP contribution in [0.5, 0.6) is 0 Å². The number of ether oxygens (including phenoxy) is 1. The summed E-state index contributed by atoms with van der Waals surface area (Å²) in [5, 5.41) is 4.93. The molecule has 8 heteroatoms. The highest BCUT2D eigenvalue weighted by Gasteiger charge is 2.28. The topological polar surface area (TPSA) is 89.7 Å². The first-order chi connectivity index (χ1) is 9.82. The summed E-state index contributed by atoms with van der Waals surface area (Å²) in [5.41, 5.74) is 0.110. The van der Waals surface area contributed by atoms with E-state index in [4.69, 9.17) is 9.88 Å². The van der Waals surface area contributed by atoms with Crippen LogP contribution in [0.25, 0.3) is 0 Å². The molecule has 1 fully saturated rings. The van der Waals surface area contributed by atoms with Crippen molar-refractivity contribution >= 4 is 15.9 Å². The van der Waals surface area contributed by atoms with Crippen LogP contribution in [-0.4, -0.2) is 46.0 Å². The van der Waals surface area contributed by atoms with Crippen LogP contribution in [0.1, 0.15) is 16.8 Å². The molecule has 0 spiro atoms. The number of benzene rings is 1. The van der Waals surface area contributed by atoms with Gasteiger partial charge in [0.25, 0.3) is 5.91 Å². The summed E-state index contributed by atoms with van der Waals surface area (Å²) in [6, 6.07) is 3.18. The van der Waals surface area contributed by atoms with Gasteiger partial charge < -0.3 is 9.64 Å². The van der Waals surface area contributed by atoms with Crippen LogP contribution >= 0.6 is 0 Å². The van der Waals surface area contributed by atoms with E-state index in [0.29, 0.717) is 19.7 Å². The van der Waals surface area contributed by atoms with Gasteiger partial charge in [0.1, 0.15) is 10.7 Å². The lowest BCUT2D eigenvalue weighted by Gasteiger charge is -2.17. The van der Waals surface area contributed by atoms with Gasteiger partial charge in [0, 0.05) is 31.7 Å². The fourth-order valence-electron chi connectivity index (χ4n) is 2.43. The zero-order chi connectivity index (χ0) is 15.6. The number of methoxy groups -OCH3 is 1. The number of nitrogens with two attached hydrogens (primary N) is 1. The van der Waals surface area contributed by atoms with Gasteiger partial charge in [-0.15, -0.1) is 0 Å². The highest BCUT2D eigenvalue weighted by atomic mass is 32.2. The molecule has 0 bridgehead atoms. The lowest BCUT2D eigenvalue weighted by atomic mass is 10.1. The number of carbonyl (C=O) groups is 1. The Morgan fingerprint density at radius 1 is 1.52 bits per heavy atom. The molecule has 1 unspecified atom stereocenters. The summed E-state index contributed by atoms with van der Waals surface area (Å²) in [5.74, 6) is -1.04. The maximum Gasteiger partial charge on any atom is 0.253 e. The van der Waals surface area contributed by atoms with Crippen LogP contribution in [0.2, 0.25) is 0 Å². The van der Waals surface area contributed by atoms with Gasteiger partial charge in [-0.2, -0.15) is 0 Å². The predicted octanol–water partition coefficient (Wildman–Crippen LogP) is 0.582. The minimum absolute atomic E-state index is 0.110. The molecule has 0 aliphatic carbocycles. The molecule has 1 aromatic rings. The molecule has 6 nitrogen and oxygen atoms in total. The molecule has 1 aliphatic heterocycles. The van der Waals surface area contributed by atoms with E-state index < -0.39 is 20.7 Å². The summed E-state index contributed by atoms with van der Waals surface area (Å²) in [4.78, 5) is 13.2. The maximum atomic E-state index is 13.5. The fourth-order valence-corrected chi connectivity index (χ4v) is 3.06. The third-order valence-electron chi connectivity index (χ3n) is 3.46. The Kier molecular flexibility index (Phi) is 4.60. The molecule has 1 saturated heterocycles. The van der Waals surface area contributed by atoms with Crippen molar-refractivity contribution in [1.82, 2.24) is 4.90 Å². The van der Waals surface area contributed by atoms with Crippen LogP contribution in [-0.2, 0) is 14.8 Å². The number of carbonyl (C=O) groups excluding carboxylic acids is 1. The predicted molar refractivity (Wildman–Crippen MR) is 73.7 cm³/mol. The van der Waals surface area contributed by atoms with Gasteiger partial charge in [-0.1, -0.05) is 0 Å². The number of likely N-dealkylation sites (tertiary alicyclic amines) is 1. The Hall–Kier alpha value is -1.51. The third kappa shape index (κ3) is 3.58. The first-order valence-electron chi connectivity index (χ1n) is 6.43. The van der Waals surface area contributed by atoms with Crippen LogP contribution in [0, 0.1) is 11.7 Å². The zero-order valence-electron chi connectivity index (χ0n) is 11.6. The van der Waals surface area contributed by atoms with E-state index in [1.165, 1.54) is 6.07 Å². The van der Waals surface area contributed by atoms with Gasteiger partial charge >= 0.3 is 0 Å². The van der Waals surface area contributed by atoms with Crippen molar-refractivity contribution in [3.05, 3.63) is 29.6 Å². The first kappa shape index (κ1) is 15.9. The molecule has 1 aromatic carbocycles. The van der Waals surface area contributed by atoms with E-state index in [2.05, 4.69) is 0 Å². The standard InChI is InChI=1S/C13H17FN2O4S/c1-20-8-9-4-5-16(7-9)13(17)10-2-3-11(14)12(6-10)21(15,18)19/h2-3,6,9H,4-5,7-8H2,1H3,(H2,15,18,19). The molecule has 21 heavy (non-hydrogen) atoms. The minimum Gasteiger partial charge on any atom is -0.384 e. The number of nitrogens with zero attached hydrogens (tertiary/aromatic N) is 1. The lowest BCUT2D eigenvalue weighted by Crippen LogP contribution is -2.29. The van der Waals surface area contributed by atoms with Crippen LogP contribution in [0.3, 0.4) is 0 Å². The van der Waals surface area contributed by atoms with Crippen LogP contribution in [0.4, 0.5) is 4.39 Å². The van der Waals surface area contributed by atoms with Crippen molar-refractivity contribution in [1.29, 1.82) is 0 Å². The van der Waals surface area contributed by atoms with Gasteiger partial charge in [0.15, 0.2) is 0 Å². The lowest BCUT2D eigenvalue weighted by molar-refractivity contribution is 0.0775. The summed E-state index contributed by atoms with van der Waals surface area (Å²) >= 11 is 0. The number of sulfonamides is 1. The molecule has 1 aliphatic rings. The van der Waals surface area contributed by atoms with Gasteiger partial charge in [-0.3, -0.25) is 4.79 Å². The summed E-state index contributed by atoms with van der Waals surface area (Å²) < 4.78 is 41.1.